The Morgan fingerprint density at radius 2 is 1.68 bits per heavy atom. The van der Waals surface area contributed by atoms with Crippen LogP contribution < -0.4 is 24.8 Å². The van der Waals surface area contributed by atoms with Gasteiger partial charge in [0.25, 0.3) is 0 Å². The molecule has 0 aliphatic carbocycles. The van der Waals surface area contributed by atoms with Crippen molar-refractivity contribution in [1.82, 2.24) is 10.6 Å². The predicted molar refractivity (Wildman–Crippen MR) is 123 cm³/mol. The number of carbonyl (C=O) groups is 2. The minimum absolute atomic E-state index is 0.0182. The summed E-state index contributed by atoms with van der Waals surface area (Å²) in [5.41, 5.74) is 0.458. The smallest absolute Gasteiger partial charge is 0.338 e. The number of ether oxygens (including phenoxy) is 4. The number of rotatable bonds is 9. The van der Waals surface area contributed by atoms with Crippen LogP contribution in [0.2, 0.25) is 0 Å². The van der Waals surface area contributed by atoms with E-state index in [2.05, 4.69) is 10.6 Å². The molecule has 0 spiro atoms. The lowest BCUT2D eigenvalue weighted by Crippen LogP contribution is -2.47. The van der Waals surface area contributed by atoms with Crippen LogP contribution in [0.3, 0.4) is 0 Å². The largest absolute Gasteiger partial charge is 0.494 e. The van der Waals surface area contributed by atoms with Crippen LogP contribution in [-0.4, -0.2) is 54.1 Å². The van der Waals surface area contributed by atoms with Gasteiger partial charge in [-0.15, -0.1) is 0 Å². The van der Waals surface area contributed by atoms with Crippen LogP contribution in [0.1, 0.15) is 18.5 Å². The van der Waals surface area contributed by atoms with E-state index in [0.717, 1.165) is 0 Å². The molecule has 2 aromatic rings. The quantitative estimate of drug-likeness (QED) is 0.513. The average molecular weight is 491 g/mol. The molecular weight excluding hydrogens is 464 g/mol. The highest BCUT2D eigenvalue weighted by molar-refractivity contribution is 7.91. The van der Waals surface area contributed by atoms with Crippen LogP contribution in [0.15, 0.2) is 58.6 Å². The first-order chi connectivity index (χ1) is 16.2. The van der Waals surface area contributed by atoms with E-state index in [1.54, 1.807) is 24.3 Å². The first-order valence-corrected chi connectivity index (χ1v) is 12.0. The fourth-order valence-corrected chi connectivity index (χ4v) is 4.88. The van der Waals surface area contributed by atoms with Crippen LogP contribution in [0, 0.1) is 0 Å². The van der Waals surface area contributed by atoms with Gasteiger partial charge >= 0.3 is 12.0 Å². The fourth-order valence-electron chi connectivity index (χ4n) is 3.54. The second-order valence-corrected chi connectivity index (χ2v) is 9.18. The predicted octanol–water partition coefficient (Wildman–Crippen LogP) is 2.36. The first-order valence-electron chi connectivity index (χ1n) is 10.3. The Morgan fingerprint density at radius 3 is 2.26 bits per heavy atom. The van der Waals surface area contributed by atoms with Gasteiger partial charge in [-0.1, -0.05) is 12.1 Å². The molecule has 1 aliphatic rings. The summed E-state index contributed by atoms with van der Waals surface area (Å²) in [6, 6.07) is 9.34. The summed E-state index contributed by atoms with van der Waals surface area (Å²) in [4.78, 5) is 25.1. The number of amides is 2. The number of nitrogens with one attached hydrogen (secondary N) is 2. The number of methoxy groups -OCH3 is 3. The highest BCUT2D eigenvalue weighted by Crippen LogP contribution is 2.33. The average Bonchev–Trinajstić information content (AvgIpc) is 2.83. The molecule has 1 heterocycles. The van der Waals surface area contributed by atoms with E-state index in [0.29, 0.717) is 23.7 Å². The Bertz CT molecular complexity index is 1210. The third-order valence-corrected chi connectivity index (χ3v) is 6.77. The van der Waals surface area contributed by atoms with Gasteiger partial charge in [-0.05, 0) is 36.8 Å². The minimum atomic E-state index is -4.00. The Morgan fingerprint density at radius 1 is 1.00 bits per heavy atom. The molecule has 2 amide bonds. The number of urea groups is 1. The molecule has 0 saturated heterocycles. The molecule has 0 radical (unpaired) electrons. The van der Waals surface area contributed by atoms with Gasteiger partial charge in [0.05, 0.1) is 50.2 Å². The van der Waals surface area contributed by atoms with Crippen LogP contribution in [0.25, 0.3) is 0 Å². The molecule has 0 unspecified atom stereocenters. The molecule has 0 aromatic heterocycles. The molecule has 3 rings (SSSR count). The first kappa shape index (κ1) is 24.9. The molecule has 0 bridgehead atoms. The lowest BCUT2D eigenvalue weighted by atomic mass is 9.95. The Labute approximate surface area is 197 Å². The van der Waals surface area contributed by atoms with Crippen molar-refractivity contribution >= 4 is 21.8 Å². The monoisotopic (exact) mass is 490 g/mol. The standard InChI is InChI=1S/C23H26N2O8S/c1-5-33-15-8-6-14(7-9-15)21-20(22(26)32-4)17(24-23(27)25-21)13-34(28,29)16-10-11-18(30-2)19(12-16)31-3/h6-12,21H,5,13H2,1-4H3,(H2,24,25,27)/t21-/m0/s1. The van der Waals surface area contributed by atoms with Crippen molar-refractivity contribution in [3.05, 3.63) is 59.3 Å². The highest BCUT2D eigenvalue weighted by Gasteiger charge is 2.35. The number of hydrogen-bond donors (Lipinski definition) is 2. The molecule has 182 valence electrons. The number of carbonyl (C=O) groups excluding carboxylic acids is 2. The van der Waals surface area contributed by atoms with E-state index < -0.39 is 33.6 Å². The zero-order valence-electron chi connectivity index (χ0n) is 19.2. The summed E-state index contributed by atoms with van der Waals surface area (Å²) < 4.78 is 47.1. The SMILES string of the molecule is CCOc1ccc([C@@H]2NC(=O)NC(CS(=O)(=O)c3ccc(OC)c(OC)c3)=C2C(=O)OC)cc1. The molecule has 1 atom stereocenters. The summed E-state index contributed by atoms with van der Waals surface area (Å²) in [5.74, 6) is -0.210. The third-order valence-electron chi connectivity index (χ3n) is 5.13. The van der Waals surface area contributed by atoms with Crippen molar-refractivity contribution < 1.29 is 37.0 Å². The Balaban J connectivity index is 2.05. The lowest BCUT2D eigenvalue weighted by molar-refractivity contribution is -0.136. The number of sulfone groups is 1. The second-order valence-electron chi connectivity index (χ2n) is 7.19. The summed E-state index contributed by atoms with van der Waals surface area (Å²) in [6.45, 7) is 2.33. The van der Waals surface area contributed by atoms with Crippen LogP contribution >= 0.6 is 0 Å². The van der Waals surface area contributed by atoms with Crippen molar-refractivity contribution in [3.8, 4) is 17.2 Å². The maximum atomic E-state index is 13.2. The van der Waals surface area contributed by atoms with Crippen molar-refractivity contribution in [3.63, 3.8) is 0 Å². The number of benzene rings is 2. The van der Waals surface area contributed by atoms with Gasteiger partial charge in [0, 0.05) is 11.8 Å². The minimum Gasteiger partial charge on any atom is -0.494 e. The zero-order valence-corrected chi connectivity index (χ0v) is 20.0. The van der Waals surface area contributed by atoms with E-state index >= 15 is 0 Å². The lowest BCUT2D eigenvalue weighted by Gasteiger charge is -2.29. The van der Waals surface area contributed by atoms with Crippen molar-refractivity contribution in [2.24, 2.45) is 0 Å². The Kier molecular flexibility index (Phi) is 7.67. The Hall–Kier alpha value is -3.73. The van der Waals surface area contributed by atoms with Crippen LogP contribution in [0.5, 0.6) is 17.2 Å². The summed E-state index contributed by atoms with van der Waals surface area (Å²) >= 11 is 0. The van der Waals surface area contributed by atoms with E-state index in [-0.39, 0.29) is 21.9 Å². The maximum Gasteiger partial charge on any atom is 0.338 e. The topological polar surface area (TPSA) is 129 Å². The fraction of sp³-hybridized carbons (Fsp3) is 0.304. The molecule has 1 aliphatic heterocycles. The molecule has 11 heteroatoms. The third kappa shape index (κ3) is 5.25. The second kappa shape index (κ2) is 10.5. The van der Waals surface area contributed by atoms with Gasteiger partial charge in [-0.3, -0.25) is 0 Å². The van der Waals surface area contributed by atoms with E-state index in [4.69, 9.17) is 18.9 Å². The highest BCUT2D eigenvalue weighted by atomic mass is 32.2. The molecule has 2 N–H and O–H groups in total. The van der Waals surface area contributed by atoms with Gasteiger partial charge in [0.15, 0.2) is 21.3 Å². The van der Waals surface area contributed by atoms with Gasteiger partial charge in [0.2, 0.25) is 0 Å². The number of esters is 1. The number of hydrogen-bond acceptors (Lipinski definition) is 8. The summed E-state index contributed by atoms with van der Waals surface area (Å²) in [6.07, 6.45) is 0. The summed E-state index contributed by atoms with van der Waals surface area (Å²) in [5, 5.41) is 5.12. The molecule has 2 aromatic carbocycles. The van der Waals surface area contributed by atoms with Crippen LogP contribution in [-0.2, 0) is 19.4 Å². The summed E-state index contributed by atoms with van der Waals surface area (Å²) in [7, 11) is 0.00814. The molecule has 34 heavy (non-hydrogen) atoms. The van der Waals surface area contributed by atoms with E-state index in [9.17, 15) is 18.0 Å². The van der Waals surface area contributed by atoms with Crippen molar-refractivity contribution in [2.75, 3.05) is 33.7 Å². The molecule has 10 nitrogen and oxygen atoms in total. The zero-order chi connectivity index (χ0) is 24.9. The van der Waals surface area contributed by atoms with Gasteiger partial charge < -0.3 is 29.6 Å². The van der Waals surface area contributed by atoms with E-state index in [1.807, 2.05) is 6.92 Å². The molecule has 0 fully saturated rings. The van der Waals surface area contributed by atoms with Crippen molar-refractivity contribution in [1.29, 1.82) is 0 Å². The van der Waals surface area contributed by atoms with Crippen LogP contribution in [0.4, 0.5) is 4.79 Å². The van der Waals surface area contributed by atoms with Gasteiger partial charge in [0.1, 0.15) is 5.75 Å². The van der Waals surface area contributed by atoms with Gasteiger partial charge in [-0.25, -0.2) is 18.0 Å². The normalized spacial score (nSPS) is 15.8. The van der Waals surface area contributed by atoms with Gasteiger partial charge in [-0.2, -0.15) is 0 Å². The van der Waals surface area contributed by atoms with E-state index in [1.165, 1.54) is 39.5 Å². The molecular formula is C23H26N2O8S. The molecule has 0 saturated carbocycles. The van der Waals surface area contributed by atoms with Crippen molar-refractivity contribution in [2.45, 2.75) is 17.9 Å². The maximum absolute atomic E-state index is 13.2.